The molecule has 0 amide bonds. The SMILES string of the molecule is COc1ccc2c(=O)n(CCN(C)C(Cn3c(C#N)c(-c4ccccc4)c4cc(OC)ccc4c3=O)OC(=O)C(F)(F)F)c(C#N)c(-c3ccccc3)c2c1. The predicted molar refractivity (Wildman–Crippen MR) is 198 cm³/mol. The average molecular weight is 748 g/mol. The molecule has 14 heteroatoms. The largest absolute Gasteiger partial charge is 0.497 e. The molecule has 11 nitrogen and oxygen atoms in total. The summed E-state index contributed by atoms with van der Waals surface area (Å²) in [4.78, 5) is 41.6. The van der Waals surface area contributed by atoms with Crippen molar-refractivity contribution in [1.29, 1.82) is 10.5 Å². The molecule has 2 aromatic heterocycles. The summed E-state index contributed by atoms with van der Waals surface area (Å²) in [5, 5.41) is 22.2. The van der Waals surface area contributed by atoms with Gasteiger partial charge in [-0.1, -0.05) is 60.7 Å². The molecule has 0 bridgehead atoms. The van der Waals surface area contributed by atoms with Crippen molar-refractivity contribution in [3.05, 3.63) is 129 Å². The molecule has 2 heterocycles. The summed E-state index contributed by atoms with van der Waals surface area (Å²) in [6.07, 6.45) is -7.18. The van der Waals surface area contributed by atoms with Crippen LogP contribution in [-0.2, 0) is 22.6 Å². The van der Waals surface area contributed by atoms with Gasteiger partial charge in [0.1, 0.15) is 35.0 Å². The van der Waals surface area contributed by atoms with Crippen LogP contribution in [0.4, 0.5) is 13.2 Å². The summed E-state index contributed by atoms with van der Waals surface area (Å²) >= 11 is 0. The van der Waals surface area contributed by atoms with Gasteiger partial charge < -0.3 is 14.2 Å². The zero-order valence-corrected chi connectivity index (χ0v) is 29.8. The number of halogens is 3. The Morgan fingerprint density at radius 1 is 0.727 bits per heavy atom. The second-order valence-electron chi connectivity index (χ2n) is 12.4. The highest BCUT2D eigenvalue weighted by Gasteiger charge is 2.43. The number of nitriles is 2. The summed E-state index contributed by atoms with van der Waals surface area (Å²) in [7, 11) is 4.26. The second kappa shape index (κ2) is 15.6. The van der Waals surface area contributed by atoms with Crippen molar-refractivity contribution in [2.24, 2.45) is 0 Å². The van der Waals surface area contributed by atoms with Gasteiger partial charge in [0.15, 0.2) is 6.23 Å². The first-order valence-electron chi connectivity index (χ1n) is 16.8. The lowest BCUT2D eigenvalue weighted by Crippen LogP contribution is -2.45. The highest BCUT2D eigenvalue weighted by molar-refractivity contribution is 6.00. The molecule has 0 fully saturated rings. The molecule has 4 aromatic carbocycles. The molecular formula is C41H32F3N5O6. The topological polar surface area (TPSA) is 140 Å². The number of benzene rings is 4. The van der Waals surface area contributed by atoms with Gasteiger partial charge in [-0.3, -0.25) is 23.6 Å². The number of pyridine rings is 2. The number of esters is 1. The molecule has 278 valence electrons. The van der Waals surface area contributed by atoms with E-state index in [1.165, 1.54) is 42.9 Å². The van der Waals surface area contributed by atoms with Crippen molar-refractivity contribution in [3.8, 4) is 45.9 Å². The summed E-state index contributed by atoms with van der Waals surface area (Å²) in [5.74, 6) is -1.67. The number of carbonyl (C=O) groups excluding carboxylic acids is 1. The molecule has 0 spiro atoms. The van der Waals surface area contributed by atoms with Gasteiger partial charge in [0.2, 0.25) is 0 Å². The zero-order valence-electron chi connectivity index (χ0n) is 29.8. The summed E-state index contributed by atoms with van der Waals surface area (Å²) in [5.41, 5.74) is 0.422. The number of hydrogen-bond donors (Lipinski definition) is 0. The van der Waals surface area contributed by atoms with E-state index in [-0.39, 0.29) is 35.2 Å². The molecule has 0 aliphatic carbocycles. The minimum Gasteiger partial charge on any atom is -0.497 e. The number of ether oxygens (including phenoxy) is 3. The Balaban J connectivity index is 1.47. The number of aromatic nitrogens is 2. The molecule has 0 saturated heterocycles. The van der Waals surface area contributed by atoms with Crippen molar-refractivity contribution in [1.82, 2.24) is 14.0 Å². The maximum Gasteiger partial charge on any atom is 0.490 e. The van der Waals surface area contributed by atoms with Crippen LogP contribution in [0.3, 0.4) is 0 Å². The van der Waals surface area contributed by atoms with Crippen LogP contribution in [0.2, 0.25) is 0 Å². The average Bonchev–Trinajstić information content (AvgIpc) is 3.20. The van der Waals surface area contributed by atoms with Crippen molar-refractivity contribution in [3.63, 3.8) is 0 Å². The van der Waals surface area contributed by atoms with Crippen LogP contribution in [0, 0.1) is 22.7 Å². The molecule has 0 saturated carbocycles. The number of methoxy groups -OCH3 is 2. The van der Waals surface area contributed by atoms with E-state index >= 15 is 0 Å². The van der Waals surface area contributed by atoms with Crippen LogP contribution in [0.1, 0.15) is 11.4 Å². The fraction of sp³-hybridized carbons (Fsp3) is 0.195. The number of hydrogen-bond acceptors (Lipinski definition) is 9. The van der Waals surface area contributed by atoms with E-state index in [0.29, 0.717) is 44.5 Å². The minimum absolute atomic E-state index is 0.0189. The van der Waals surface area contributed by atoms with E-state index in [2.05, 4.69) is 6.07 Å². The van der Waals surface area contributed by atoms with E-state index in [0.717, 1.165) is 4.57 Å². The van der Waals surface area contributed by atoms with E-state index in [9.17, 15) is 38.1 Å². The van der Waals surface area contributed by atoms with Crippen LogP contribution < -0.4 is 20.6 Å². The van der Waals surface area contributed by atoms with Gasteiger partial charge in [0.25, 0.3) is 11.1 Å². The van der Waals surface area contributed by atoms with Gasteiger partial charge in [-0.15, -0.1) is 0 Å². The second-order valence-corrected chi connectivity index (χ2v) is 12.4. The van der Waals surface area contributed by atoms with Crippen LogP contribution in [0.15, 0.2) is 107 Å². The van der Waals surface area contributed by atoms with E-state index < -0.39 is 36.0 Å². The van der Waals surface area contributed by atoms with Crippen LogP contribution >= 0.6 is 0 Å². The van der Waals surface area contributed by atoms with E-state index in [4.69, 9.17) is 14.2 Å². The van der Waals surface area contributed by atoms with Crippen molar-refractivity contribution in [2.75, 3.05) is 27.8 Å². The van der Waals surface area contributed by atoms with Gasteiger partial charge in [-0.25, -0.2) is 4.79 Å². The number of rotatable bonds is 11. The Morgan fingerprint density at radius 3 is 1.62 bits per heavy atom. The van der Waals surface area contributed by atoms with Gasteiger partial charge in [0.05, 0.1) is 20.8 Å². The molecule has 6 aromatic rings. The van der Waals surface area contributed by atoms with Crippen molar-refractivity contribution in [2.45, 2.75) is 25.5 Å². The van der Waals surface area contributed by atoms with Gasteiger partial charge >= 0.3 is 12.1 Å². The Morgan fingerprint density at radius 2 is 1.18 bits per heavy atom. The molecule has 55 heavy (non-hydrogen) atoms. The highest BCUT2D eigenvalue weighted by Crippen LogP contribution is 2.34. The number of carbonyl (C=O) groups is 1. The fourth-order valence-electron chi connectivity index (χ4n) is 6.54. The highest BCUT2D eigenvalue weighted by atomic mass is 19.4. The Bertz CT molecular complexity index is 2630. The lowest BCUT2D eigenvalue weighted by Gasteiger charge is -2.30. The smallest absolute Gasteiger partial charge is 0.490 e. The first-order valence-corrected chi connectivity index (χ1v) is 16.8. The van der Waals surface area contributed by atoms with Gasteiger partial charge in [-0.05, 0) is 54.6 Å². The molecule has 0 aliphatic heterocycles. The van der Waals surface area contributed by atoms with Gasteiger partial charge in [-0.2, -0.15) is 23.7 Å². The number of nitrogens with zero attached hydrogens (tertiary/aromatic N) is 5. The molecule has 1 unspecified atom stereocenters. The maximum atomic E-state index is 14.1. The lowest BCUT2D eigenvalue weighted by atomic mass is 9.96. The monoisotopic (exact) mass is 747 g/mol. The summed E-state index contributed by atoms with van der Waals surface area (Å²) < 4.78 is 59.0. The maximum absolute atomic E-state index is 14.1. The molecular weight excluding hydrogens is 715 g/mol. The minimum atomic E-state index is -5.40. The summed E-state index contributed by atoms with van der Waals surface area (Å²) in [6.45, 7) is -1.19. The molecule has 1 atom stereocenters. The third kappa shape index (κ3) is 7.36. The third-order valence-electron chi connectivity index (χ3n) is 9.27. The third-order valence-corrected chi connectivity index (χ3v) is 9.27. The van der Waals surface area contributed by atoms with Crippen molar-refractivity contribution < 1.29 is 32.2 Å². The summed E-state index contributed by atoms with van der Waals surface area (Å²) in [6, 6.07) is 31.1. The molecule has 0 N–H and O–H groups in total. The van der Waals surface area contributed by atoms with E-state index in [1.807, 2.05) is 6.07 Å². The Labute approximate surface area is 312 Å². The van der Waals surface area contributed by atoms with Crippen LogP contribution in [-0.4, -0.2) is 60.2 Å². The quantitative estimate of drug-likeness (QED) is 0.108. The predicted octanol–water partition coefficient (Wildman–Crippen LogP) is 6.47. The van der Waals surface area contributed by atoms with Crippen molar-refractivity contribution >= 4 is 27.5 Å². The first-order chi connectivity index (χ1) is 26.4. The Kier molecular flexibility index (Phi) is 10.7. The molecule has 0 radical (unpaired) electrons. The number of fused-ring (bicyclic) bond motifs is 2. The zero-order chi connectivity index (χ0) is 39.4. The Hall–Kier alpha value is -6.90. The van der Waals surface area contributed by atoms with Crippen LogP contribution in [0.5, 0.6) is 11.5 Å². The first kappa shape index (κ1) is 37.8. The molecule has 0 aliphatic rings. The van der Waals surface area contributed by atoms with Crippen LogP contribution in [0.25, 0.3) is 43.8 Å². The molecule has 6 rings (SSSR count). The number of alkyl halides is 3. The number of likely N-dealkylation sites (N-methyl/N-ethyl adjacent to an activating group) is 1. The standard InChI is InChI=1S/C41H32F3N5O6/c1-47(18-19-48-33(22-45)36(25-10-6-4-7-11-25)31-20-27(53-2)14-16-29(31)38(48)50)35(55-40(52)41(42,43)44)24-49-34(23-46)37(26-12-8-5-9-13-26)32-21-28(54-3)15-17-30(32)39(49)51/h4-17,20-21,35H,18-19,24H2,1-3H3. The van der Waals surface area contributed by atoms with E-state index in [1.54, 1.807) is 84.9 Å². The fourth-order valence-corrected chi connectivity index (χ4v) is 6.54. The lowest BCUT2D eigenvalue weighted by molar-refractivity contribution is -0.213. The normalized spacial score (nSPS) is 11.9. The van der Waals surface area contributed by atoms with Gasteiger partial charge in [0, 0.05) is 45.8 Å².